The van der Waals surface area contributed by atoms with Crippen LogP contribution < -0.4 is 37.2 Å². The Morgan fingerprint density at radius 1 is 0.593 bits per heavy atom. The summed E-state index contributed by atoms with van der Waals surface area (Å²) >= 11 is 0. The molecule has 0 spiro atoms. The van der Waals surface area contributed by atoms with E-state index in [9.17, 15) is 43.5 Å². The fraction of sp³-hybridized carbons (Fsp3) is 0.789. The molecule has 0 radical (unpaired) electrons. The first-order chi connectivity index (χ1) is 25.1. The molecule has 0 fully saturated rings. The highest BCUT2D eigenvalue weighted by Gasteiger charge is 2.36. The van der Waals surface area contributed by atoms with E-state index in [1.54, 1.807) is 6.92 Å². The van der Waals surface area contributed by atoms with E-state index in [0.29, 0.717) is 12.8 Å². The number of hydrogen-bond acceptors (Lipinski definition) is 8. The van der Waals surface area contributed by atoms with Crippen LogP contribution in [-0.2, 0) is 38.4 Å². The summed E-state index contributed by atoms with van der Waals surface area (Å²) in [6.45, 7) is 18.4. The molecule has 0 aromatic carbocycles. The van der Waals surface area contributed by atoms with E-state index in [4.69, 9.17) is 0 Å². The van der Waals surface area contributed by atoms with Gasteiger partial charge in [-0.3, -0.25) is 33.6 Å². The normalized spacial score (nSPS) is 14.8. The van der Waals surface area contributed by atoms with Crippen molar-refractivity contribution < 1.29 is 43.5 Å². The van der Waals surface area contributed by atoms with Gasteiger partial charge in [-0.2, -0.15) is 0 Å². The van der Waals surface area contributed by atoms with Crippen molar-refractivity contribution in [2.24, 2.45) is 17.8 Å². The summed E-state index contributed by atoms with van der Waals surface area (Å²) < 4.78 is 0. The zero-order valence-corrected chi connectivity index (χ0v) is 34.4. The summed E-state index contributed by atoms with van der Waals surface area (Å²) in [4.78, 5) is 102. The van der Waals surface area contributed by atoms with Gasteiger partial charge in [-0.05, 0) is 64.7 Å². The third-order valence-electron chi connectivity index (χ3n) is 8.92. The monoisotopic (exact) mass is 768 g/mol. The Hall–Kier alpha value is -4.24. The van der Waals surface area contributed by atoms with E-state index >= 15 is 0 Å². The second kappa shape index (κ2) is 25.0. The Balaban J connectivity index is 5.40. The number of aliphatic carboxylic acids is 1. The van der Waals surface area contributed by atoms with Crippen LogP contribution in [0.25, 0.3) is 0 Å². The van der Waals surface area contributed by atoms with Crippen molar-refractivity contribution in [3.8, 4) is 0 Å². The lowest BCUT2D eigenvalue weighted by atomic mass is 9.96. The van der Waals surface area contributed by atoms with Gasteiger partial charge in [0.15, 0.2) is 0 Å². The molecule has 16 nitrogen and oxygen atoms in total. The number of carbonyl (C=O) groups excluding carboxylic acids is 7. The summed E-state index contributed by atoms with van der Waals surface area (Å²) in [7, 11) is 0. The fourth-order valence-electron chi connectivity index (χ4n) is 5.34. The molecule has 6 unspecified atom stereocenters. The summed E-state index contributed by atoms with van der Waals surface area (Å²) in [6.07, 6.45) is 6.15. The lowest BCUT2D eigenvalue weighted by molar-refractivity contribution is -0.143. The first kappa shape index (κ1) is 49.8. The van der Waals surface area contributed by atoms with Crippen molar-refractivity contribution in [3.05, 3.63) is 0 Å². The molecule has 0 saturated heterocycles. The number of rotatable bonds is 26. The van der Waals surface area contributed by atoms with Gasteiger partial charge in [-0.25, -0.2) is 4.79 Å². The van der Waals surface area contributed by atoms with Crippen molar-refractivity contribution >= 4 is 47.3 Å². The fourth-order valence-corrected chi connectivity index (χ4v) is 5.34. The predicted molar refractivity (Wildman–Crippen MR) is 206 cm³/mol. The molecular weight excluding hydrogens is 698 g/mol. The average molecular weight is 768 g/mol. The van der Waals surface area contributed by atoms with E-state index in [-0.39, 0.29) is 43.0 Å². The molecular formula is C38H69N7O9. The number of carboxylic acid groups (broad SMARTS) is 1. The first-order valence-corrected chi connectivity index (χ1v) is 19.4. The molecule has 6 atom stereocenters. The molecule has 0 bridgehead atoms. The van der Waals surface area contributed by atoms with Gasteiger partial charge in [0.05, 0.1) is 6.54 Å². The molecule has 0 aliphatic rings. The summed E-state index contributed by atoms with van der Waals surface area (Å²) in [6, 6.07) is -5.46. The number of nitrogens with one attached hydrogen (secondary N) is 7. The molecule has 310 valence electrons. The Labute approximate surface area is 321 Å². The Bertz CT molecular complexity index is 1270. The maximum atomic E-state index is 13.4. The SMILES string of the molecule is CCCCCCCC(=O)NCC(=O)NC(C)C(=O)NC(CC(C)C)C(=O)NC(C)(C)C(=O)NC(C)C(=O)NC(C(=O)NC(CC(C)C)C(=O)O)C(C)CC. The molecule has 0 rings (SSSR count). The van der Waals surface area contributed by atoms with E-state index in [0.717, 1.165) is 32.1 Å². The van der Waals surface area contributed by atoms with Gasteiger partial charge in [0.1, 0.15) is 35.7 Å². The van der Waals surface area contributed by atoms with Gasteiger partial charge in [0, 0.05) is 6.42 Å². The first-order valence-electron chi connectivity index (χ1n) is 19.4. The summed E-state index contributed by atoms with van der Waals surface area (Å²) in [5, 5.41) is 27.6. The van der Waals surface area contributed by atoms with Gasteiger partial charge < -0.3 is 42.3 Å². The Kier molecular flexibility index (Phi) is 23.0. The predicted octanol–water partition coefficient (Wildman–Crippen LogP) is 2.04. The smallest absolute Gasteiger partial charge is 0.326 e. The molecule has 8 N–H and O–H groups in total. The van der Waals surface area contributed by atoms with Crippen LogP contribution in [0.3, 0.4) is 0 Å². The van der Waals surface area contributed by atoms with Crippen LogP contribution in [0, 0.1) is 17.8 Å². The van der Waals surface area contributed by atoms with Crippen molar-refractivity contribution in [1.29, 1.82) is 0 Å². The summed E-state index contributed by atoms with van der Waals surface area (Å²) in [5.74, 6) is -5.78. The van der Waals surface area contributed by atoms with Crippen LogP contribution in [0.15, 0.2) is 0 Å². The third-order valence-corrected chi connectivity index (χ3v) is 8.92. The maximum absolute atomic E-state index is 13.4. The van der Waals surface area contributed by atoms with Gasteiger partial charge in [0.2, 0.25) is 41.4 Å². The van der Waals surface area contributed by atoms with Gasteiger partial charge >= 0.3 is 5.97 Å². The van der Waals surface area contributed by atoms with Crippen LogP contribution in [-0.4, -0.2) is 94.7 Å². The second-order valence-corrected chi connectivity index (χ2v) is 15.6. The molecule has 0 aliphatic heterocycles. The number of amides is 7. The number of carboxylic acids is 1. The van der Waals surface area contributed by atoms with Crippen molar-refractivity contribution in [1.82, 2.24) is 37.2 Å². The van der Waals surface area contributed by atoms with Crippen LogP contribution in [0.4, 0.5) is 0 Å². The standard InChI is InChI=1S/C38H69N7O9/c1-12-14-15-16-17-18-29(46)39-21-30(47)40-25(8)32(48)42-27(19-22(3)4)34(50)45-38(10,11)37(54)41-26(9)33(49)44-31(24(7)13-2)35(51)43-28(36(52)53)20-23(5)6/h22-28,31H,12-21H2,1-11H3,(H,39,46)(H,40,47)(H,41,54)(H,42,48)(H,43,51)(H,44,49)(H,45,50)(H,52,53). The van der Waals surface area contributed by atoms with Crippen molar-refractivity contribution in [2.45, 2.75) is 170 Å². The number of hydrogen-bond donors (Lipinski definition) is 8. The molecule has 54 heavy (non-hydrogen) atoms. The largest absolute Gasteiger partial charge is 0.480 e. The van der Waals surface area contributed by atoms with E-state index in [1.165, 1.54) is 27.7 Å². The highest BCUT2D eigenvalue weighted by Crippen LogP contribution is 2.13. The van der Waals surface area contributed by atoms with Gasteiger partial charge in [-0.1, -0.05) is 80.6 Å². The minimum atomic E-state index is -1.56. The molecule has 7 amide bonds. The highest BCUT2D eigenvalue weighted by atomic mass is 16.4. The number of unbranched alkanes of at least 4 members (excludes halogenated alkanes) is 4. The van der Waals surface area contributed by atoms with Crippen LogP contribution >= 0.6 is 0 Å². The van der Waals surface area contributed by atoms with Gasteiger partial charge in [-0.15, -0.1) is 0 Å². The summed E-state index contributed by atoms with van der Waals surface area (Å²) in [5.41, 5.74) is -1.56. The van der Waals surface area contributed by atoms with Crippen molar-refractivity contribution in [3.63, 3.8) is 0 Å². The van der Waals surface area contributed by atoms with E-state index < -0.39 is 77.2 Å². The van der Waals surface area contributed by atoms with Crippen LogP contribution in [0.5, 0.6) is 0 Å². The van der Waals surface area contributed by atoms with Gasteiger partial charge in [0.25, 0.3) is 0 Å². The zero-order valence-electron chi connectivity index (χ0n) is 34.4. The maximum Gasteiger partial charge on any atom is 0.326 e. The average Bonchev–Trinajstić information content (AvgIpc) is 3.07. The second-order valence-electron chi connectivity index (χ2n) is 15.6. The molecule has 0 aromatic rings. The highest BCUT2D eigenvalue weighted by molar-refractivity contribution is 5.98. The van der Waals surface area contributed by atoms with Crippen LogP contribution in [0.2, 0.25) is 0 Å². The van der Waals surface area contributed by atoms with E-state index in [1.807, 2.05) is 34.6 Å². The lowest BCUT2D eigenvalue weighted by Gasteiger charge is -2.31. The minimum absolute atomic E-state index is 0.00343. The lowest BCUT2D eigenvalue weighted by Crippen LogP contribution is -2.63. The Morgan fingerprint density at radius 3 is 1.65 bits per heavy atom. The quantitative estimate of drug-likeness (QED) is 0.0600. The third kappa shape index (κ3) is 19.7. The topological polar surface area (TPSA) is 241 Å². The molecule has 16 heteroatoms. The molecule has 0 heterocycles. The zero-order chi connectivity index (χ0) is 41.8. The number of carbonyl (C=O) groups is 8. The Morgan fingerprint density at radius 2 is 1.11 bits per heavy atom. The van der Waals surface area contributed by atoms with Crippen molar-refractivity contribution in [2.75, 3.05) is 6.54 Å². The molecule has 0 aliphatic carbocycles. The molecule has 0 aromatic heterocycles. The minimum Gasteiger partial charge on any atom is -0.480 e. The van der Waals surface area contributed by atoms with E-state index in [2.05, 4.69) is 44.1 Å². The van der Waals surface area contributed by atoms with Crippen LogP contribution in [0.1, 0.15) is 134 Å². The molecule has 0 saturated carbocycles.